The molecule has 1 atom stereocenters. The van der Waals surface area contributed by atoms with Gasteiger partial charge in [-0.1, -0.05) is 38.1 Å². The molecule has 0 aliphatic heterocycles. The van der Waals surface area contributed by atoms with E-state index in [1.54, 1.807) is 0 Å². The van der Waals surface area contributed by atoms with E-state index in [0.29, 0.717) is 12.0 Å². The Kier molecular flexibility index (Phi) is 4.15. The SMILES string of the molecule is Cc1ccccc1CC(N)CC(C)C. The molecule has 0 aromatic heterocycles. The molecule has 0 aliphatic rings. The Balaban J connectivity index is 2.56. The van der Waals surface area contributed by atoms with E-state index in [2.05, 4.69) is 45.0 Å². The summed E-state index contributed by atoms with van der Waals surface area (Å²) in [5, 5.41) is 0. The molecule has 1 heteroatoms. The number of hydrogen-bond donors (Lipinski definition) is 1. The van der Waals surface area contributed by atoms with Crippen molar-refractivity contribution < 1.29 is 0 Å². The van der Waals surface area contributed by atoms with Crippen LogP contribution in [0.1, 0.15) is 31.4 Å². The molecule has 0 radical (unpaired) electrons. The van der Waals surface area contributed by atoms with Crippen molar-refractivity contribution >= 4 is 0 Å². The van der Waals surface area contributed by atoms with E-state index in [4.69, 9.17) is 5.73 Å². The Morgan fingerprint density at radius 3 is 2.43 bits per heavy atom. The molecule has 0 spiro atoms. The van der Waals surface area contributed by atoms with Gasteiger partial charge in [0.25, 0.3) is 0 Å². The lowest BCUT2D eigenvalue weighted by Crippen LogP contribution is -2.25. The second-order valence-electron chi connectivity index (χ2n) is 4.52. The minimum absolute atomic E-state index is 0.302. The van der Waals surface area contributed by atoms with Gasteiger partial charge in [-0.25, -0.2) is 0 Å². The van der Waals surface area contributed by atoms with Crippen LogP contribution in [0.4, 0.5) is 0 Å². The van der Waals surface area contributed by atoms with Crippen LogP contribution in [0.5, 0.6) is 0 Å². The molecular formula is C13H21N. The lowest BCUT2D eigenvalue weighted by Gasteiger charge is -2.15. The van der Waals surface area contributed by atoms with Crippen LogP contribution in [0.25, 0.3) is 0 Å². The van der Waals surface area contributed by atoms with Crippen LogP contribution in [-0.2, 0) is 6.42 Å². The van der Waals surface area contributed by atoms with Gasteiger partial charge in [0.15, 0.2) is 0 Å². The number of hydrogen-bond acceptors (Lipinski definition) is 1. The fourth-order valence-corrected chi connectivity index (χ4v) is 1.81. The predicted molar refractivity (Wildman–Crippen MR) is 62.3 cm³/mol. The average molecular weight is 191 g/mol. The number of rotatable bonds is 4. The lowest BCUT2D eigenvalue weighted by molar-refractivity contribution is 0.493. The molecule has 0 heterocycles. The van der Waals surface area contributed by atoms with Gasteiger partial charge in [0.05, 0.1) is 0 Å². The molecule has 14 heavy (non-hydrogen) atoms. The van der Waals surface area contributed by atoms with Crippen molar-refractivity contribution in [3.05, 3.63) is 35.4 Å². The van der Waals surface area contributed by atoms with Gasteiger partial charge >= 0.3 is 0 Å². The summed E-state index contributed by atoms with van der Waals surface area (Å²) in [5.74, 6) is 0.689. The first kappa shape index (κ1) is 11.3. The van der Waals surface area contributed by atoms with Crippen LogP contribution in [0, 0.1) is 12.8 Å². The highest BCUT2D eigenvalue weighted by Crippen LogP contribution is 2.12. The van der Waals surface area contributed by atoms with Crippen molar-refractivity contribution in [3.63, 3.8) is 0 Å². The molecule has 0 fully saturated rings. The van der Waals surface area contributed by atoms with Crippen LogP contribution >= 0.6 is 0 Å². The highest BCUT2D eigenvalue weighted by atomic mass is 14.6. The van der Waals surface area contributed by atoms with Gasteiger partial charge in [-0.05, 0) is 36.8 Å². The number of nitrogens with two attached hydrogens (primary N) is 1. The van der Waals surface area contributed by atoms with Crippen molar-refractivity contribution in [2.45, 2.75) is 39.7 Å². The average Bonchev–Trinajstić information content (AvgIpc) is 2.07. The summed E-state index contributed by atoms with van der Waals surface area (Å²) in [4.78, 5) is 0. The molecule has 0 aliphatic carbocycles. The maximum absolute atomic E-state index is 6.08. The number of benzene rings is 1. The zero-order chi connectivity index (χ0) is 10.6. The summed E-state index contributed by atoms with van der Waals surface area (Å²) in [7, 11) is 0. The molecule has 1 unspecified atom stereocenters. The molecule has 2 N–H and O–H groups in total. The largest absolute Gasteiger partial charge is 0.327 e. The summed E-state index contributed by atoms with van der Waals surface area (Å²) in [5.41, 5.74) is 8.82. The maximum Gasteiger partial charge on any atom is 0.00818 e. The maximum atomic E-state index is 6.08. The van der Waals surface area contributed by atoms with Crippen LogP contribution < -0.4 is 5.73 Å². The van der Waals surface area contributed by atoms with Crippen molar-refractivity contribution in [1.82, 2.24) is 0 Å². The molecule has 1 aromatic carbocycles. The summed E-state index contributed by atoms with van der Waals surface area (Å²) in [6.45, 7) is 6.59. The zero-order valence-corrected chi connectivity index (χ0v) is 9.46. The monoisotopic (exact) mass is 191 g/mol. The third kappa shape index (κ3) is 3.51. The second-order valence-corrected chi connectivity index (χ2v) is 4.52. The molecule has 0 amide bonds. The first-order chi connectivity index (χ1) is 6.59. The molecule has 78 valence electrons. The van der Waals surface area contributed by atoms with Crippen molar-refractivity contribution in [2.24, 2.45) is 11.7 Å². The van der Waals surface area contributed by atoms with E-state index in [9.17, 15) is 0 Å². The molecule has 0 saturated heterocycles. The summed E-state index contributed by atoms with van der Waals surface area (Å²) in [6, 6.07) is 8.79. The number of aryl methyl sites for hydroxylation is 1. The Labute approximate surface area is 87.3 Å². The summed E-state index contributed by atoms with van der Waals surface area (Å²) in [6.07, 6.45) is 2.11. The normalized spacial score (nSPS) is 13.2. The minimum atomic E-state index is 0.302. The predicted octanol–water partition coefficient (Wildman–Crippen LogP) is 2.91. The zero-order valence-electron chi connectivity index (χ0n) is 9.46. The highest BCUT2D eigenvalue weighted by Gasteiger charge is 2.07. The topological polar surface area (TPSA) is 26.0 Å². The van der Waals surface area contributed by atoms with E-state index >= 15 is 0 Å². The first-order valence-electron chi connectivity index (χ1n) is 5.39. The Morgan fingerprint density at radius 2 is 1.86 bits per heavy atom. The van der Waals surface area contributed by atoms with Crippen molar-refractivity contribution in [3.8, 4) is 0 Å². The van der Waals surface area contributed by atoms with E-state index in [0.717, 1.165) is 12.8 Å². The van der Waals surface area contributed by atoms with Gasteiger partial charge in [-0.2, -0.15) is 0 Å². The van der Waals surface area contributed by atoms with Crippen LogP contribution in [0.3, 0.4) is 0 Å². The van der Waals surface area contributed by atoms with Gasteiger partial charge in [0.1, 0.15) is 0 Å². The Morgan fingerprint density at radius 1 is 1.21 bits per heavy atom. The van der Waals surface area contributed by atoms with Crippen LogP contribution in [0.2, 0.25) is 0 Å². The third-order valence-corrected chi connectivity index (χ3v) is 2.52. The molecule has 1 rings (SSSR count). The van der Waals surface area contributed by atoms with Crippen molar-refractivity contribution in [1.29, 1.82) is 0 Å². The van der Waals surface area contributed by atoms with Crippen LogP contribution in [-0.4, -0.2) is 6.04 Å². The Bertz CT molecular complexity index is 278. The van der Waals surface area contributed by atoms with E-state index in [1.807, 2.05) is 0 Å². The van der Waals surface area contributed by atoms with Gasteiger partial charge < -0.3 is 5.73 Å². The third-order valence-electron chi connectivity index (χ3n) is 2.52. The lowest BCUT2D eigenvalue weighted by atomic mass is 9.96. The van der Waals surface area contributed by atoms with Gasteiger partial charge in [0.2, 0.25) is 0 Å². The van der Waals surface area contributed by atoms with Crippen molar-refractivity contribution in [2.75, 3.05) is 0 Å². The minimum Gasteiger partial charge on any atom is -0.327 e. The standard InChI is InChI=1S/C13H21N/c1-10(2)8-13(14)9-12-7-5-4-6-11(12)3/h4-7,10,13H,8-9,14H2,1-3H3. The van der Waals surface area contributed by atoms with Crippen LogP contribution in [0.15, 0.2) is 24.3 Å². The van der Waals surface area contributed by atoms with E-state index in [-0.39, 0.29) is 0 Å². The smallest absolute Gasteiger partial charge is 0.00818 e. The summed E-state index contributed by atoms with van der Waals surface area (Å²) < 4.78 is 0. The molecule has 1 aromatic rings. The molecule has 0 bridgehead atoms. The van der Waals surface area contributed by atoms with Gasteiger partial charge in [-0.15, -0.1) is 0 Å². The van der Waals surface area contributed by atoms with E-state index in [1.165, 1.54) is 11.1 Å². The fourth-order valence-electron chi connectivity index (χ4n) is 1.81. The van der Waals surface area contributed by atoms with Gasteiger partial charge in [-0.3, -0.25) is 0 Å². The molecular weight excluding hydrogens is 170 g/mol. The Hall–Kier alpha value is -0.820. The quantitative estimate of drug-likeness (QED) is 0.778. The molecule has 0 saturated carbocycles. The second kappa shape index (κ2) is 5.16. The highest BCUT2D eigenvalue weighted by molar-refractivity contribution is 5.26. The summed E-state index contributed by atoms with van der Waals surface area (Å²) >= 11 is 0. The van der Waals surface area contributed by atoms with Gasteiger partial charge in [0, 0.05) is 6.04 Å². The van der Waals surface area contributed by atoms with E-state index < -0.39 is 0 Å². The molecule has 1 nitrogen and oxygen atoms in total. The first-order valence-corrected chi connectivity index (χ1v) is 5.39. The fraction of sp³-hybridized carbons (Fsp3) is 0.538.